The second kappa shape index (κ2) is 9.16. The van der Waals surface area contributed by atoms with E-state index in [1.165, 1.54) is 4.31 Å². The Morgan fingerprint density at radius 2 is 1.85 bits per heavy atom. The van der Waals surface area contributed by atoms with E-state index in [0.29, 0.717) is 17.1 Å². The Morgan fingerprint density at radius 3 is 2.50 bits per heavy atom. The number of carbonyl (C=O) groups excluding carboxylic acids is 1. The molecule has 140 valence electrons. The average Bonchev–Trinajstić information content (AvgIpc) is 2.57. The van der Waals surface area contributed by atoms with E-state index < -0.39 is 10.0 Å². The van der Waals surface area contributed by atoms with E-state index in [2.05, 4.69) is 5.32 Å². The maximum atomic E-state index is 12.3. The van der Waals surface area contributed by atoms with Gasteiger partial charge in [0.05, 0.1) is 12.8 Å². The molecule has 0 aliphatic rings. The monoisotopic (exact) mass is 394 g/mol. The molecule has 0 aliphatic carbocycles. The van der Waals surface area contributed by atoms with Crippen molar-refractivity contribution in [2.45, 2.75) is 19.8 Å². The molecular weight excluding hydrogens is 372 g/mol. The van der Waals surface area contributed by atoms with Crippen LogP contribution in [0.15, 0.2) is 48.5 Å². The van der Waals surface area contributed by atoms with Crippen LogP contribution in [0.5, 0.6) is 0 Å². The van der Waals surface area contributed by atoms with Crippen molar-refractivity contribution in [1.29, 1.82) is 0 Å². The van der Waals surface area contributed by atoms with E-state index >= 15 is 0 Å². The minimum atomic E-state index is -3.48. The summed E-state index contributed by atoms with van der Waals surface area (Å²) in [4.78, 5) is 12.3. The van der Waals surface area contributed by atoms with E-state index in [4.69, 9.17) is 11.6 Å². The first kappa shape index (κ1) is 20.4. The molecule has 0 aromatic heterocycles. The van der Waals surface area contributed by atoms with Gasteiger partial charge in [-0.2, -0.15) is 4.31 Å². The molecule has 0 unspecified atom stereocenters. The zero-order valence-corrected chi connectivity index (χ0v) is 16.5. The number of carbonyl (C=O) groups is 1. The molecule has 2 aromatic rings. The molecule has 0 spiro atoms. The lowest BCUT2D eigenvalue weighted by atomic mass is 10.1. The number of hydrogen-bond acceptors (Lipinski definition) is 3. The summed E-state index contributed by atoms with van der Waals surface area (Å²) in [6.45, 7) is 1.91. The number of halogens is 1. The van der Waals surface area contributed by atoms with Crippen molar-refractivity contribution in [3.8, 4) is 0 Å². The van der Waals surface area contributed by atoms with Crippen molar-refractivity contribution < 1.29 is 13.2 Å². The van der Waals surface area contributed by atoms with E-state index in [1.54, 1.807) is 18.2 Å². The number of amides is 1. The summed E-state index contributed by atoms with van der Waals surface area (Å²) in [6.07, 6.45) is 2.51. The number of aryl methyl sites for hydroxylation is 2. The lowest BCUT2D eigenvalue weighted by molar-refractivity contribution is -0.116. The van der Waals surface area contributed by atoms with Crippen LogP contribution < -0.4 is 5.32 Å². The Balaban J connectivity index is 1.96. The van der Waals surface area contributed by atoms with Crippen molar-refractivity contribution in [3.63, 3.8) is 0 Å². The van der Waals surface area contributed by atoms with Crippen LogP contribution in [-0.4, -0.2) is 38.0 Å². The Morgan fingerprint density at radius 1 is 1.15 bits per heavy atom. The molecule has 1 amide bonds. The highest BCUT2D eigenvalue weighted by Gasteiger charge is 2.20. The largest absolute Gasteiger partial charge is 0.325 e. The molecule has 5 nitrogen and oxygen atoms in total. The maximum absolute atomic E-state index is 12.3. The minimum Gasteiger partial charge on any atom is -0.325 e. The average molecular weight is 395 g/mol. The molecule has 0 saturated heterocycles. The third-order valence-corrected chi connectivity index (χ3v) is 5.46. The number of nitrogens with zero attached hydrogens (tertiary/aromatic N) is 1. The maximum Gasteiger partial charge on any atom is 0.239 e. The number of nitrogens with one attached hydrogen (secondary N) is 1. The van der Waals surface area contributed by atoms with Gasteiger partial charge in [-0.25, -0.2) is 8.42 Å². The molecule has 0 aliphatic heterocycles. The van der Waals surface area contributed by atoms with Crippen LogP contribution in [-0.2, 0) is 21.2 Å². The highest BCUT2D eigenvalue weighted by molar-refractivity contribution is 7.88. The van der Waals surface area contributed by atoms with Crippen molar-refractivity contribution in [1.82, 2.24) is 4.31 Å². The first-order valence-electron chi connectivity index (χ1n) is 8.31. The van der Waals surface area contributed by atoms with Gasteiger partial charge in [-0.1, -0.05) is 48.0 Å². The number of anilines is 1. The minimum absolute atomic E-state index is 0.223. The van der Waals surface area contributed by atoms with E-state index in [-0.39, 0.29) is 19.0 Å². The lowest BCUT2D eigenvalue weighted by Crippen LogP contribution is -2.38. The molecule has 2 aromatic carbocycles. The SMILES string of the molecule is Cc1ccc(Cl)cc1NC(=O)CN(CCCc1ccccc1)S(C)(=O)=O. The van der Waals surface area contributed by atoms with Crippen molar-refractivity contribution in [3.05, 3.63) is 64.7 Å². The van der Waals surface area contributed by atoms with Crippen LogP contribution in [0.4, 0.5) is 5.69 Å². The van der Waals surface area contributed by atoms with Crippen molar-refractivity contribution >= 4 is 33.2 Å². The molecule has 0 fully saturated rings. The second-order valence-electron chi connectivity index (χ2n) is 6.19. The molecule has 0 saturated carbocycles. The van der Waals surface area contributed by atoms with E-state index in [1.807, 2.05) is 37.3 Å². The Kier molecular flexibility index (Phi) is 7.20. The summed E-state index contributed by atoms with van der Waals surface area (Å²) in [5.41, 5.74) is 2.58. The first-order valence-corrected chi connectivity index (χ1v) is 10.5. The van der Waals surface area contributed by atoms with Crippen molar-refractivity contribution in [2.24, 2.45) is 0 Å². The van der Waals surface area contributed by atoms with Crippen LogP contribution >= 0.6 is 11.6 Å². The molecule has 2 rings (SSSR count). The van der Waals surface area contributed by atoms with Gasteiger partial charge in [-0.3, -0.25) is 4.79 Å². The van der Waals surface area contributed by atoms with Gasteiger partial charge in [0, 0.05) is 17.3 Å². The fourth-order valence-electron chi connectivity index (χ4n) is 2.55. The summed E-state index contributed by atoms with van der Waals surface area (Å²) in [5, 5.41) is 3.24. The fraction of sp³-hybridized carbons (Fsp3) is 0.316. The van der Waals surface area contributed by atoms with Crippen molar-refractivity contribution in [2.75, 3.05) is 24.7 Å². The Bertz CT molecular complexity index is 854. The quantitative estimate of drug-likeness (QED) is 0.745. The van der Waals surface area contributed by atoms with Gasteiger partial charge in [0.15, 0.2) is 0 Å². The zero-order chi connectivity index (χ0) is 19.2. The summed E-state index contributed by atoms with van der Waals surface area (Å²) in [6, 6.07) is 15.0. The predicted octanol–water partition coefficient (Wildman–Crippen LogP) is 3.48. The van der Waals surface area contributed by atoms with Crippen LogP contribution in [0, 0.1) is 6.92 Å². The Labute approximate surface area is 160 Å². The molecule has 0 atom stereocenters. The summed E-state index contributed by atoms with van der Waals surface area (Å²) in [7, 11) is -3.48. The lowest BCUT2D eigenvalue weighted by Gasteiger charge is -2.20. The second-order valence-corrected chi connectivity index (χ2v) is 8.61. The smallest absolute Gasteiger partial charge is 0.239 e. The molecule has 7 heteroatoms. The number of benzene rings is 2. The topological polar surface area (TPSA) is 66.5 Å². The zero-order valence-electron chi connectivity index (χ0n) is 14.9. The third kappa shape index (κ3) is 6.44. The Hall–Kier alpha value is -1.89. The molecule has 26 heavy (non-hydrogen) atoms. The van der Waals surface area contributed by atoms with Gasteiger partial charge in [-0.15, -0.1) is 0 Å². The standard InChI is InChI=1S/C19H23ClN2O3S/c1-15-10-11-17(20)13-18(15)21-19(23)14-22(26(2,24)25)12-6-9-16-7-4-3-5-8-16/h3-5,7-8,10-11,13H,6,9,12,14H2,1-2H3,(H,21,23). The normalized spacial score (nSPS) is 11.5. The highest BCUT2D eigenvalue weighted by atomic mass is 35.5. The van der Waals surface area contributed by atoms with Gasteiger partial charge in [0.1, 0.15) is 0 Å². The molecule has 0 heterocycles. The van der Waals surface area contributed by atoms with E-state index in [0.717, 1.165) is 23.8 Å². The molecular formula is C19H23ClN2O3S. The van der Waals surface area contributed by atoms with Gasteiger partial charge in [-0.05, 0) is 43.0 Å². The van der Waals surface area contributed by atoms with Crippen LogP contribution in [0.2, 0.25) is 5.02 Å². The molecule has 0 radical (unpaired) electrons. The number of rotatable bonds is 8. The van der Waals surface area contributed by atoms with Gasteiger partial charge in [0.2, 0.25) is 15.9 Å². The van der Waals surface area contributed by atoms with Crippen LogP contribution in [0.1, 0.15) is 17.5 Å². The fourth-order valence-corrected chi connectivity index (χ4v) is 3.53. The van der Waals surface area contributed by atoms with Gasteiger partial charge >= 0.3 is 0 Å². The van der Waals surface area contributed by atoms with Crippen LogP contribution in [0.3, 0.4) is 0 Å². The summed E-state index contributed by atoms with van der Waals surface area (Å²) < 4.78 is 25.2. The third-order valence-electron chi connectivity index (χ3n) is 3.98. The number of sulfonamides is 1. The summed E-state index contributed by atoms with van der Waals surface area (Å²) >= 11 is 5.95. The predicted molar refractivity (Wildman–Crippen MR) is 106 cm³/mol. The van der Waals surface area contributed by atoms with Gasteiger partial charge < -0.3 is 5.32 Å². The number of hydrogen-bond donors (Lipinski definition) is 1. The highest BCUT2D eigenvalue weighted by Crippen LogP contribution is 2.20. The molecule has 1 N–H and O–H groups in total. The first-order chi connectivity index (χ1) is 12.3. The molecule has 0 bridgehead atoms. The van der Waals surface area contributed by atoms with E-state index in [9.17, 15) is 13.2 Å². The summed E-state index contributed by atoms with van der Waals surface area (Å²) in [5.74, 6) is -0.388. The van der Waals surface area contributed by atoms with Crippen LogP contribution in [0.25, 0.3) is 0 Å². The van der Waals surface area contributed by atoms with Gasteiger partial charge in [0.25, 0.3) is 0 Å².